The molecule has 29 heavy (non-hydrogen) atoms. The summed E-state index contributed by atoms with van der Waals surface area (Å²) < 4.78 is 5.23. The molecule has 1 unspecified atom stereocenters. The Balaban J connectivity index is 1.76. The Hall–Kier alpha value is -3.97. The zero-order valence-corrected chi connectivity index (χ0v) is 15.9. The average molecular weight is 378 g/mol. The maximum absolute atomic E-state index is 12.6. The van der Waals surface area contributed by atoms with E-state index < -0.39 is 12.1 Å². The highest BCUT2D eigenvalue weighted by molar-refractivity contribution is 6.04. The van der Waals surface area contributed by atoms with E-state index in [9.17, 15) is 4.79 Å². The van der Waals surface area contributed by atoms with Gasteiger partial charge < -0.3 is 4.74 Å². The minimum absolute atomic E-state index is 0.403. The third kappa shape index (κ3) is 3.85. The molecule has 0 amide bonds. The van der Waals surface area contributed by atoms with Gasteiger partial charge in [-0.1, -0.05) is 72.8 Å². The van der Waals surface area contributed by atoms with Gasteiger partial charge in [0.25, 0.3) is 0 Å². The second-order valence-corrected chi connectivity index (χ2v) is 6.69. The number of esters is 1. The number of nitrogens with zero attached hydrogens (tertiary/aromatic N) is 2. The van der Waals surface area contributed by atoms with Crippen LogP contribution in [0.25, 0.3) is 33.3 Å². The van der Waals surface area contributed by atoms with E-state index >= 15 is 0 Å². The van der Waals surface area contributed by atoms with Crippen molar-refractivity contribution in [2.24, 2.45) is 0 Å². The van der Waals surface area contributed by atoms with Crippen LogP contribution in [0.5, 0.6) is 0 Å². The Bertz CT molecular complexity index is 1210. The van der Waals surface area contributed by atoms with Crippen LogP contribution in [0.15, 0.2) is 84.9 Å². The Morgan fingerprint density at radius 1 is 0.897 bits per heavy atom. The lowest BCUT2D eigenvalue weighted by Gasteiger charge is -2.11. The molecule has 1 atom stereocenters. The number of para-hydroxylation sites is 1. The van der Waals surface area contributed by atoms with Crippen LogP contribution in [-0.2, 0) is 4.74 Å². The van der Waals surface area contributed by atoms with Gasteiger partial charge in [-0.2, -0.15) is 5.26 Å². The second-order valence-electron chi connectivity index (χ2n) is 6.69. The Labute approximate surface area is 169 Å². The van der Waals surface area contributed by atoms with Gasteiger partial charge in [-0.05, 0) is 30.2 Å². The molecule has 0 bridgehead atoms. The number of benzene rings is 3. The fourth-order valence-corrected chi connectivity index (χ4v) is 3.21. The lowest BCUT2D eigenvalue weighted by molar-refractivity contribution is 0.0438. The van der Waals surface area contributed by atoms with Crippen molar-refractivity contribution in [2.75, 3.05) is 0 Å². The summed E-state index contributed by atoms with van der Waals surface area (Å²) in [6.45, 7) is 1.55. The van der Waals surface area contributed by atoms with Gasteiger partial charge in [-0.15, -0.1) is 0 Å². The largest absolute Gasteiger partial charge is 0.444 e. The van der Waals surface area contributed by atoms with Crippen LogP contribution < -0.4 is 0 Å². The molecule has 1 aromatic heterocycles. The molecule has 4 nitrogen and oxygen atoms in total. The van der Waals surface area contributed by atoms with Gasteiger partial charge in [0.1, 0.15) is 6.07 Å². The van der Waals surface area contributed by atoms with Crippen LogP contribution in [0.3, 0.4) is 0 Å². The second kappa shape index (κ2) is 7.95. The topological polar surface area (TPSA) is 63.0 Å². The van der Waals surface area contributed by atoms with E-state index in [2.05, 4.69) is 12.1 Å². The number of hydrogen-bond donors (Lipinski definition) is 0. The molecular formula is C25H18N2O2. The van der Waals surface area contributed by atoms with Gasteiger partial charge in [0.05, 0.1) is 16.8 Å². The predicted molar refractivity (Wildman–Crippen MR) is 113 cm³/mol. The van der Waals surface area contributed by atoms with Gasteiger partial charge in [0.2, 0.25) is 0 Å². The summed E-state index contributed by atoms with van der Waals surface area (Å²) in [6, 6.07) is 29.3. The van der Waals surface area contributed by atoms with Crippen molar-refractivity contribution in [3.05, 3.63) is 90.5 Å². The van der Waals surface area contributed by atoms with Gasteiger partial charge in [0.15, 0.2) is 6.10 Å². The minimum Gasteiger partial charge on any atom is -0.444 e. The molecule has 0 aliphatic carbocycles. The smallest absolute Gasteiger partial charge is 0.340 e. The van der Waals surface area contributed by atoms with Crippen LogP contribution in [0.1, 0.15) is 17.3 Å². The molecule has 140 valence electrons. The van der Waals surface area contributed by atoms with E-state index in [-0.39, 0.29) is 0 Å². The molecule has 1 heterocycles. The van der Waals surface area contributed by atoms with Crippen LogP contribution >= 0.6 is 0 Å². The number of pyridine rings is 1. The highest BCUT2D eigenvalue weighted by atomic mass is 16.5. The number of aromatic nitrogens is 1. The fourth-order valence-electron chi connectivity index (χ4n) is 3.21. The van der Waals surface area contributed by atoms with E-state index in [1.807, 2.05) is 72.8 Å². The van der Waals surface area contributed by atoms with E-state index in [1.165, 1.54) is 0 Å². The fraction of sp³-hybridized carbons (Fsp3) is 0.0800. The van der Waals surface area contributed by atoms with E-state index in [4.69, 9.17) is 15.0 Å². The maximum atomic E-state index is 12.6. The van der Waals surface area contributed by atoms with Crippen molar-refractivity contribution < 1.29 is 9.53 Å². The van der Waals surface area contributed by atoms with Crippen molar-refractivity contribution in [2.45, 2.75) is 13.0 Å². The number of hydrogen-bond acceptors (Lipinski definition) is 4. The first-order valence-electron chi connectivity index (χ1n) is 9.32. The molecule has 3 aromatic carbocycles. The average Bonchev–Trinajstić information content (AvgIpc) is 2.79. The van der Waals surface area contributed by atoms with Crippen molar-refractivity contribution in [3.63, 3.8) is 0 Å². The molecule has 0 radical (unpaired) electrons. The van der Waals surface area contributed by atoms with Crippen LogP contribution in [0.2, 0.25) is 0 Å². The van der Waals surface area contributed by atoms with Crippen LogP contribution in [-0.4, -0.2) is 17.1 Å². The quantitative estimate of drug-likeness (QED) is 0.431. The van der Waals surface area contributed by atoms with E-state index in [0.717, 1.165) is 16.7 Å². The molecule has 0 N–H and O–H groups in total. The molecule has 0 aliphatic rings. The number of rotatable bonds is 4. The highest BCUT2D eigenvalue weighted by Crippen LogP contribution is 2.28. The van der Waals surface area contributed by atoms with Crippen molar-refractivity contribution in [1.29, 1.82) is 5.26 Å². The molecule has 0 aliphatic heterocycles. The lowest BCUT2D eigenvalue weighted by Crippen LogP contribution is -2.14. The Morgan fingerprint density at radius 2 is 1.52 bits per heavy atom. The summed E-state index contributed by atoms with van der Waals surface area (Å²) in [5, 5.41) is 9.66. The Kier molecular flexibility index (Phi) is 5.05. The molecule has 4 heteroatoms. The number of carbonyl (C=O) groups is 1. The number of ether oxygens (including phenoxy) is 1. The Morgan fingerprint density at radius 3 is 2.24 bits per heavy atom. The third-order valence-corrected chi connectivity index (χ3v) is 4.69. The summed E-state index contributed by atoms with van der Waals surface area (Å²) in [5.41, 5.74) is 4.93. The SMILES string of the molecule is CC(C#N)OC(=O)c1cc(-c2ccc(-c3ccccc3)cc2)nc2ccccc12. The number of nitriles is 1. The van der Waals surface area contributed by atoms with Gasteiger partial charge in [-0.25, -0.2) is 9.78 Å². The monoisotopic (exact) mass is 378 g/mol. The third-order valence-electron chi connectivity index (χ3n) is 4.69. The van der Waals surface area contributed by atoms with Crippen LogP contribution in [0.4, 0.5) is 0 Å². The summed E-state index contributed by atoms with van der Waals surface area (Å²) in [4.78, 5) is 17.4. The zero-order chi connectivity index (χ0) is 20.2. The molecule has 0 saturated carbocycles. The van der Waals surface area contributed by atoms with Gasteiger partial charge >= 0.3 is 5.97 Å². The van der Waals surface area contributed by atoms with Gasteiger partial charge in [-0.3, -0.25) is 0 Å². The molecule has 0 saturated heterocycles. The first-order valence-corrected chi connectivity index (χ1v) is 9.32. The highest BCUT2D eigenvalue weighted by Gasteiger charge is 2.17. The van der Waals surface area contributed by atoms with Gasteiger partial charge in [0, 0.05) is 10.9 Å². The minimum atomic E-state index is -0.817. The summed E-state index contributed by atoms with van der Waals surface area (Å²) in [7, 11) is 0. The predicted octanol–water partition coefficient (Wildman–Crippen LogP) is 5.64. The zero-order valence-electron chi connectivity index (χ0n) is 15.9. The van der Waals surface area contributed by atoms with E-state index in [0.29, 0.717) is 22.2 Å². The van der Waals surface area contributed by atoms with Crippen molar-refractivity contribution >= 4 is 16.9 Å². The number of carbonyl (C=O) groups excluding carboxylic acids is 1. The normalized spacial score (nSPS) is 11.6. The molecule has 4 aromatic rings. The standard InChI is InChI=1S/C25H18N2O2/c1-17(16-26)29-25(28)22-15-24(27-23-10-6-5-9-21(22)23)20-13-11-19(12-14-20)18-7-3-2-4-8-18/h2-15,17H,1H3. The first kappa shape index (κ1) is 18.4. The first-order chi connectivity index (χ1) is 14.2. The molecule has 0 fully saturated rings. The van der Waals surface area contributed by atoms with Crippen molar-refractivity contribution in [1.82, 2.24) is 4.98 Å². The molecular weight excluding hydrogens is 360 g/mol. The van der Waals surface area contributed by atoms with Crippen molar-refractivity contribution in [3.8, 4) is 28.5 Å². The summed E-state index contributed by atoms with van der Waals surface area (Å²) in [5.74, 6) is -0.528. The summed E-state index contributed by atoms with van der Waals surface area (Å²) >= 11 is 0. The summed E-state index contributed by atoms with van der Waals surface area (Å²) in [6.07, 6.45) is -0.817. The molecule has 4 rings (SSSR count). The number of fused-ring (bicyclic) bond motifs is 1. The van der Waals surface area contributed by atoms with E-state index in [1.54, 1.807) is 13.0 Å². The maximum Gasteiger partial charge on any atom is 0.340 e. The lowest BCUT2D eigenvalue weighted by atomic mass is 10.0. The van der Waals surface area contributed by atoms with Crippen LogP contribution in [0, 0.1) is 11.3 Å². The molecule has 0 spiro atoms.